The van der Waals surface area contributed by atoms with Gasteiger partial charge in [-0.3, -0.25) is 9.78 Å². The van der Waals surface area contributed by atoms with Gasteiger partial charge < -0.3 is 0 Å². The van der Waals surface area contributed by atoms with Crippen LogP contribution in [0.4, 0.5) is 8.78 Å². The molecule has 5 heteroatoms. The molecule has 1 aromatic heterocycles. The van der Waals surface area contributed by atoms with Crippen LogP contribution in [0.25, 0.3) is 10.8 Å². The van der Waals surface area contributed by atoms with Crippen LogP contribution in [0.15, 0.2) is 36.7 Å². The van der Waals surface area contributed by atoms with Gasteiger partial charge in [0.1, 0.15) is 0 Å². The summed E-state index contributed by atoms with van der Waals surface area (Å²) < 4.78 is 25.5. The highest BCUT2D eigenvalue weighted by Crippen LogP contribution is 2.28. The van der Waals surface area contributed by atoms with Crippen molar-refractivity contribution < 1.29 is 13.6 Å². The standard InChI is InChI=1S/C11H6ClF2NO/c12-11(13,14)10(16)9-3-1-2-7-6-15-5-4-8(7)9/h1-6H. The highest BCUT2D eigenvalue weighted by Gasteiger charge is 2.37. The minimum atomic E-state index is -3.88. The highest BCUT2D eigenvalue weighted by molar-refractivity contribution is 6.36. The van der Waals surface area contributed by atoms with Crippen molar-refractivity contribution in [3.8, 4) is 0 Å². The third-order valence-corrected chi connectivity index (χ3v) is 2.35. The van der Waals surface area contributed by atoms with E-state index >= 15 is 0 Å². The topological polar surface area (TPSA) is 30.0 Å². The molecule has 0 amide bonds. The smallest absolute Gasteiger partial charge is 0.286 e. The number of hydrogen-bond acceptors (Lipinski definition) is 2. The number of nitrogens with zero attached hydrogens (tertiary/aromatic N) is 1. The fourth-order valence-electron chi connectivity index (χ4n) is 1.47. The number of halogens is 3. The Hall–Kier alpha value is -1.55. The zero-order valence-electron chi connectivity index (χ0n) is 7.95. The number of ketones is 1. The van der Waals surface area contributed by atoms with Crippen molar-refractivity contribution >= 4 is 28.2 Å². The first kappa shape index (κ1) is 11.0. The minimum absolute atomic E-state index is 0.0973. The monoisotopic (exact) mass is 241 g/mol. The molecule has 2 rings (SSSR count). The quantitative estimate of drug-likeness (QED) is 0.597. The number of pyridine rings is 1. The normalized spacial score (nSPS) is 11.7. The van der Waals surface area contributed by atoms with Gasteiger partial charge in [0.15, 0.2) is 0 Å². The van der Waals surface area contributed by atoms with Gasteiger partial charge in [0.25, 0.3) is 0 Å². The molecule has 0 N–H and O–H groups in total. The summed E-state index contributed by atoms with van der Waals surface area (Å²) in [4.78, 5) is 15.2. The third-order valence-electron chi connectivity index (χ3n) is 2.18. The number of Topliss-reactive ketones (excluding diaryl/α,β-unsaturated/α-hetero) is 1. The van der Waals surface area contributed by atoms with Crippen LogP contribution in [0, 0.1) is 0 Å². The van der Waals surface area contributed by atoms with Gasteiger partial charge in [0.05, 0.1) is 0 Å². The molecule has 0 radical (unpaired) electrons. The van der Waals surface area contributed by atoms with Crippen LogP contribution in [0.1, 0.15) is 10.4 Å². The SMILES string of the molecule is O=C(c1cccc2cnccc12)C(F)(F)Cl. The summed E-state index contributed by atoms with van der Waals surface area (Å²) in [6.07, 6.45) is 2.93. The number of aromatic nitrogens is 1. The Balaban J connectivity index is 2.66. The van der Waals surface area contributed by atoms with E-state index in [-0.39, 0.29) is 5.56 Å². The van der Waals surface area contributed by atoms with Crippen molar-refractivity contribution in [2.24, 2.45) is 0 Å². The highest BCUT2D eigenvalue weighted by atomic mass is 35.5. The van der Waals surface area contributed by atoms with E-state index in [0.717, 1.165) is 0 Å². The predicted octanol–water partition coefficient (Wildman–Crippen LogP) is 3.25. The van der Waals surface area contributed by atoms with Crippen molar-refractivity contribution in [3.05, 3.63) is 42.2 Å². The Morgan fingerprint density at radius 2 is 2.06 bits per heavy atom. The maximum Gasteiger partial charge on any atom is 0.384 e. The number of fused-ring (bicyclic) bond motifs is 1. The predicted molar refractivity (Wildman–Crippen MR) is 56.9 cm³/mol. The van der Waals surface area contributed by atoms with Crippen LogP contribution in [-0.4, -0.2) is 16.1 Å². The summed E-state index contributed by atoms with van der Waals surface area (Å²) in [5, 5.41) is -2.84. The number of hydrogen-bond donors (Lipinski definition) is 0. The summed E-state index contributed by atoms with van der Waals surface area (Å²) in [6, 6.07) is 6.03. The molecule has 0 aliphatic carbocycles. The maximum atomic E-state index is 12.7. The van der Waals surface area contributed by atoms with Crippen molar-refractivity contribution in [1.82, 2.24) is 4.98 Å². The first-order chi connectivity index (χ1) is 7.50. The second kappa shape index (κ2) is 3.79. The molecule has 0 atom stereocenters. The summed E-state index contributed by atoms with van der Waals surface area (Å²) in [7, 11) is 0. The van der Waals surface area contributed by atoms with E-state index in [0.29, 0.717) is 10.8 Å². The zero-order chi connectivity index (χ0) is 11.8. The Morgan fingerprint density at radius 3 is 2.75 bits per heavy atom. The van der Waals surface area contributed by atoms with E-state index in [9.17, 15) is 13.6 Å². The average molecular weight is 242 g/mol. The van der Waals surface area contributed by atoms with E-state index in [1.165, 1.54) is 30.6 Å². The second-order valence-corrected chi connectivity index (χ2v) is 3.70. The molecule has 2 nitrogen and oxygen atoms in total. The zero-order valence-corrected chi connectivity index (χ0v) is 8.71. The lowest BCUT2D eigenvalue weighted by Gasteiger charge is -2.08. The van der Waals surface area contributed by atoms with Crippen LogP contribution in [0.5, 0.6) is 0 Å². The van der Waals surface area contributed by atoms with Crippen molar-refractivity contribution in [1.29, 1.82) is 0 Å². The molecule has 2 aromatic rings. The van der Waals surface area contributed by atoms with Gasteiger partial charge in [-0.15, -0.1) is 0 Å². The molecule has 1 heterocycles. The fourth-order valence-corrected chi connectivity index (χ4v) is 1.58. The molecular formula is C11H6ClF2NO. The number of rotatable bonds is 2. The van der Waals surface area contributed by atoms with Gasteiger partial charge in [0.2, 0.25) is 5.78 Å². The summed E-state index contributed by atoms with van der Waals surface area (Å²) in [6.45, 7) is 0. The van der Waals surface area contributed by atoms with Gasteiger partial charge in [0, 0.05) is 23.3 Å². The first-order valence-corrected chi connectivity index (χ1v) is 4.82. The first-order valence-electron chi connectivity index (χ1n) is 4.44. The van der Waals surface area contributed by atoms with Crippen LogP contribution in [0.3, 0.4) is 0 Å². The Kier molecular flexibility index (Phi) is 2.59. The lowest BCUT2D eigenvalue weighted by Crippen LogP contribution is -2.21. The molecule has 0 bridgehead atoms. The number of carbonyl (C=O) groups is 1. The summed E-state index contributed by atoms with van der Waals surface area (Å²) in [5.74, 6) is -1.40. The summed E-state index contributed by atoms with van der Waals surface area (Å²) >= 11 is 4.72. The number of benzene rings is 1. The van der Waals surface area contributed by atoms with Gasteiger partial charge in [-0.2, -0.15) is 8.78 Å². The molecule has 0 unspecified atom stereocenters. The molecular weight excluding hydrogens is 236 g/mol. The van der Waals surface area contributed by atoms with Crippen LogP contribution < -0.4 is 0 Å². The molecule has 0 aliphatic heterocycles. The fraction of sp³-hybridized carbons (Fsp3) is 0.0909. The van der Waals surface area contributed by atoms with Crippen molar-refractivity contribution in [2.45, 2.75) is 5.38 Å². The average Bonchev–Trinajstić information content (AvgIpc) is 2.26. The largest absolute Gasteiger partial charge is 0.384 e. The van der Waals surface area contributed by atoms with E-state index < -0.39 is 11.2 Å². The molecule has 82 valence electrons. The van der Waals surface area contributed by atoms with Crippen LogP contribution >= 0.6 is 11.6 Å². The van der Waals surface area contributed by atoms with E-state index in [4.69, 9.17) is 11.6 Å². The van der Waals surface area contributed by atoms with Crippen LogP contribution in [-0.2, 0) is 0 Å². The molecule has 1 aromatic carbocycles. The Morgan fingerprint density at radius 1 is 1.31 bits per heavy atom. The summed E-state index contributed by atoms with van der Waals surface area (Å²) in [5.41, 5.74) is -0.0973. The maximum absolute atomic E-state index is 12.7. The second-order valence-electron chi connectivity index (χ2n) is 3.23. The van der Waals surface area contributed by atoms with Crippen molar-refractivity contribution in [3.63, 3.8) is 0 Å². The van der Waals surface area contributed by atoms with Gasteiger partial charge in [-0.05, 0) is 23.1 Å². The van der Waals surface area contributed by atoms with Gasteiger partial charge in [-0.25, -0.2) is 0 Å². The molecule has 0 fully saturated rings. The lowest BCUT2D eigenvalue weighted by molar-refractivity contribution is 0.0538. The van der Waals surface area contributed by atoms with E-state index in [2.05, 4.69) is 4.98 Å². The molecule has 0 saturated heterocycles. The number of alkyl halides is 3. The van der Waals surface area contributed by atoms with Gasteiger partial charge >= 0.3 is 5.38 Å². The molecule has 0 saturated carbocycles. The minimum Gasteiger partial charge on any atom is -0.286 e. The van der Waals surface area contributed by atoms with E-state index in [1.807, 2.05) is 0 Å². The van der Waals surface area contributed by atoms with Crippen molar-refractivity contribution in [2.75, 3.05) is 0 Å². The molecule has 16 heavy (non-hydrogen) atoms. The van der Waals surface area contributed by atoms with E-state index in [1.54, 1.807) is 6.07 Å². The Bertz CT molecular complexity index is 546. The molecule has 0 spiro atoms. The van der Waals surface area contributed by atoms with Gasteiger partial charge in [-0.1, -0.05) is 18.2 Å². The van der Waals surface area contributed by atoms with Crippen LogP contribution in [0.2, 0.25) is 0 Å². The molecule has 0 aliphatic rings. The Labute approximate surface area is 94.9 Å². The number of carbonyl (C=O) groups excluding carboxylic acids is 1. The third kappa shape index (κ3) is 1.88. The lowest BCUT2D eigenvalue weighted by atomic mass is 10.0.